The van der Waals surface area contributed by atoms with Gasteiger partial charge in [0.2, 0.25) is 11.8 Å². The van der Waals surface area contributed by atoms with E-state index in [1.54, 1.807) is 12.1 Å². The second-order valence-corrected chi connectivity index (χ2v) is 5.23. The number of ether oxygens (including phenoxy) is 1. The van der Waals surface area contributed by atoms with Gasteiger partial charge in [-0.1, -0.05) is 26.0 Å². The van der Waals surface area contributed by atoms with E-state index in [2.05, 4.69) is 19.2 Å². The summed E-state index contributed by atoms with van der Waals surface area (Å²) >= 11 is 0. The van der Waals surface area contributed by atoms with Gasteiger partial charge < -0.3 is 9.64 Å². The normalized spacial score (nSPS) is 15.1. The lowest BCUT2D eigenvalue weighted by atomic mass is 10.0. The van der Waals surface area contributed by atoms with Gasteiger partial charge in [0.1, 0.15) is 18.8 Å². The van der Waals surface area contributed by atoms with Crippen molar-refractivity contribution in [2.24, 2.45) is 0 Å². The Morgan fingerprint density at radius 2 is 1.76 bits per heavy atom. The van der Waals surface area contributed by atoms with Crippen molar-refractivity contribution in [1.82, 2.24) is 10.2 Å². The quantitative estimate of drug-likeness (QED) is 0.827. The molecular weight excluding hydrogens is 272 g/mol. The van der Waals surface area contributed by atoms with Gasteiger partial charge in [-0.15, -0.1) is 0 Å². The Morgan fingerprint density at radius 3 is 2.29 bits per heavy atom. The van der Waals surface area contributed by atoms with E-state index in [4.69, 9.17) is 4.74 Å². The van der Waals surface area contributed by atoms with E-state index < -0.39 is 11.8 Å². The molecule has 0 radical (unpaired) electrons. The average molecular weight is 290 g/mol. The van der Waals surface area contributed by atoms with Gasteiger partial charge in [-0.25, -0.2) is 0 Å². The maximum absolute atomic E-state index is 11.9. The molecule has 0 aliphatic carbocycles. The Kier molecular flexibility index (Phi) is 4.57. The fraction of sp³-hybridized carbons (Fsp3) is 0.400. The maximum Gasteiger partial charge on any atom is 0.261 e. The smallest absolute Gasteiger partial charge is 0.261 e. The Morgan fingerprint density at radius 1 is 1.19 bits per heavy atom. The topological polar surface area (TPSA) is 75.7 Å². The van der Waals surface area contributed by atoms with Crippen molar-refractivity contribution in [3.63, 3.8) is 0 Å². The van der Waals surface area contributed by atoms with Crippen molar-refractivity contribution in [2.45, 2.75) is 19.8 Å². The van der Waals surface area contributed by atoms with Crippen molar-refractivity contribution in [3.8, 4) is 5.75 Å². The molecule has 1 fully saturated rings. The van der Waals surface area contributed by atoms with Crippen molar-refractivity contribution in [1.29, 1.82) is 0 Å². The molecule has 1 aliphatic rings. The summed E-state index contributed by atoms with van der Waals surface area (Å²) in [5.74, 6) is -0.313. The van der Waals surface area contributed by atoms with Crippen LogP contribution in [0.4, 0.5) is 0 Å². The molecule has 112 valence electrons. The van der Waals surface area contributed by atoms with Crippen LogP contribution in [0, 0.1) is 0 Å². The summed E-state index contributed by atoms with van der Waals surface area (Å²) in [6.45, 7) is 3.78. The minimum atomic E-state index is -0.471. The number of carbonyl (C=O) groups is 3. The summed E-state index contributed by atoms with van der Waals surface area (Å²) in [6, 6.07) is 7.50. The van der Waals surface area contributed by atoms with E-state index in [0.29, 0.717) is 11.7 Å². The highest BCUT2D eigenvalue weighted by Crippen LogP contribution is 2.18. The number of nitrogens with one attached hydrogen (secondary N) is 1. The van der Waals surface area contributed by atoms with Crippen LogP contribution >= 0.6 is 0 Å². The second kappa shape index (κ2) is 6.39. The molecule has 0 saturated carbocycles. The number of imide groups is 1. The third-order valence-corrected chi connectivity index (χ3v) is 3.21. The first-order valence-electron chi connectivity index (χ1n) is 6.79. The lowest BCUT2D eigenvalue weighted by molar-refractivity contribution is -0.146. The maximum atomic E-state index is 11.9. The van der Waals surface area contributed by atoms with Crippen LogP contribution < -0.4 is 10.1 Å². The second-order valence-electron chi connectivity index (χ2n) is 5.23. The first-order valence-corrected chi connectivity index (χ1v) is 6.79. The number of rotatable bonds is 4. The van der Waals surface area contributed by atoms with Gasteiger partial charge in [0.25, 0.3) is 5.91 Å². The summed E-state index contributed by atoms with van der Waals surface area (Å²) in [6.07, 6.45) is 0. The van der Waals surface area contributed by atoms with E-state index in [-0.39, 0.29) is 25.6 Å². The molecule has 6 nitrogen and oxygen atoms in total. The minimum Gasteiger partial charge on any atom is -0.484 e. The fourth-order valence-electron chi connectivity index (χ4n) is 2.00. The lowest BCUT2D eigenvalue weighted by Crippen LogP contribution is -2.54. The van der Waals surface area contributed by atoms with Crippen LogP contribution in [-0.4, -0.2) is 42.3 Å². The predicted octanol–water partition coefficient (Wildman–Crippen LogP) is 0.674. The van der Waals surface area contributed by atoms with Crippen molar-refractivity contribution < 1.29 is 19.1 Å². The lowest BCUT2D eigenvalue weighted by Gasteiger charge is -2.25. The molecule has 1 aliphatic heterocycles. The van der Waals surface area contributed by atoms with Gasteiger partial charge in [0.05, 0.1) is 0 Å². The van der Waals surface area contributed by atoms with E-state index in [1.807, 2.05) is 12.1 Å². The summed E-state index contributed by atoms with van der Waals surface area (Å²) in [5, 5.41) is 2.14. The summed E-state index contributed by atoms with van der Waals surface area (Å²) in [7, 11) is 0. The Balaban J connectivity index is 1.88. The first-order chi connectivity index (χ1) is 9.95. The zero-order valence-electron chi connectivity index (χ0n) is 12.1. The van der Waals surface area contributed by atoms with Crippen LogP contribution in [0.2, 0.25) is 0 Å². The molecule has 0 unspecified atom stereocenters. The number of piperazine rings is 1. The van der Waals surface area contributed by atoms with Gasteiger partial charge in [-0.2, -0.15) is 0 Å². The molecule has 1 aromatic rings. The van der Waals surface area contributed by atoms with Crippen LogP contribution in [0.1, 0.15) is 25.3 Å². The molecule has 6 heteroatoms. The van der Waals surface area contributed by atoms with Crippen molar-refractivity contribution in [2.75, 3.05) is 19.7 Å². The Bertz CT molecular complexity index is 535. The van der Waals surface area contributed by atoms with E-state index in [0.717, 1.165) is 0 Å². The largest absolute Gasteiger partial charge is 0.484 e. The molecule has 0 spiro atoms. The van der Waals surface area contributed by atoms with Gasteiger partial charge in [-0.3, -0.25) is 19.7 Å². The summed E-state index contributed by atoms with van der Waals surface area (Å²) < 4.78 is 5.39. The number of nitrogens with zero attached hydrogens (tertiary/aromatic N) is 1. The number of hydrogen-bond acceptors (Lipinski definition) is 4. The van der Waals surface area contributed by atoms with Crippen molar-refractivity contribution >= 4 is 17.7 Å². The molecule has 1 heterocycles. The molecular formula is C15H18N2O4. The van der Waals surface area contributed by atoms with Gasteiger partial charge >= 0.3 is 0 Å². The van der Waals surface area contributed by atoms with E-state index in [9.17, 15) is 14.4 Å². The van der Waals surface area contributed by atoms with Crippen LogP contribution in [0.15, 0.2) is 24.3 Å². The molecule has 1 aromatic carbocycles. The third-order valence-electron chi connectivity index (χ3n) is 3.21. The number of carbonyl (C=O) groups excluding carboxylic acids is 3. The van der Waals surface area contributed by atoms with Crippen LogP contribution in [0.5, 0.6) is 5.75 Å². The molecule has 1 saturated heterocycles. The third kappa shape index (κ3) is 4.05. The monoisotopic (exact) mass is 290 g/mol. The van der Waals surface area contributed by atoms with E-state index in [1.165, 1.54) is 10.5 Å². The molecule has 2 rings (SSSR count). The fourth-order valence-corrected chi connectivity index (χ4v) is 2.00. The standard InChI is InChI=1S/C15H18N2O4/c1-10(2)11-3-5-12(6-4-11)21-9-15(20)17-7-13(18)16-14(19)8-17/h3-6,10H,7-9H2,1-2H3,(H,16,18,19). The van der Waals surface area contributed by atoms with Crippen LogP contribution in [-0.2, 0) is 14.4 Å². The average Bonchev–Trinajstić information content (AvgIpc) is 2.44. The zero-order valence-corrected chi connectivity index (χ0v) is 12.1. The summed E-state index contributed by atoms with van der Waals surface area (Å²) in [5.41, 5.74) is 1.19. The highest BCUT2D eigenvalue weighted by Gasteiger charge is 2.26. The number of hydrogen-bond donors (Lipinski definition) is 1. The molecule has 21 heavy (non-hydrogen) atoms. The molecule has 1 N–H and O–H groups in total. The van der Waals surface area contributed by atoms with Gasteiger partial charge in [0.15, 0.2) is 6.61 Å². The van der Waals surface area contributed by atoms with E-state index >= 15 is 0 Å². The van der Waals surface area contributed by atoms with Gasteiger partial charge in [0, 0.05) is 0 Å². The van der Waals surface area contributed by atoms with Gasteiger partial charge in [-0.05, 0) is 23.6 Å². The Hall–Kier alpha value is -2.37. The van der Waals surface area contributed by atoms with Crippen LogP contribution in [0.25, 0.3) is 0 Å². The number of amides is 3. The predicted molar refractivity (Wildman–Crippen MR) is 75.8 cm³/mol. The number of benzene rings is 1. The van der Waals surface area contributed by atoms with Crippen molar-refractivity contribution in [3.05, 3.63) is 29.8 Å². The first kappa shape index (κ1) is 15.0. The van der Waals surface area contributed by atoms with Crippen LogP contribution in [0.3, 0.4) is 0 Å². The molecule has 0 bridgehead atoms. The Labute approximate surface area is 123 Å². The SMILES string of the molecule is CC(C)c1ccc(OCC(=O)N2CC(=O)NC(=O)C2)cc1. The molecule has 0 aromatic heterocycles. The minimum absolute atomic E-state index is 0.111. The molecule has 3 amide bonds. The molecule has 0 atom stereocenters. The zero-order chi connectivity index (χ0) is 15.4. The highest BCUT2D eigenvalue weighted by molar-refractivity contribution is 6.02. The summed E-state index contributed by atoms with van der Waals surface area (Å²) in [4.78, 5) is 35.5. The highest BCUT2D eigenvalue weighted by atomic mass is 16.5.